The third-order valence-electron chi connectivity index (χ3n) is 5.80. The normalized spacial score (nSPS) is 19.9. The highest BCUT2D eigenvalue weighted by molar-refractivity contribution is 6.30. The van der Waals surface area contributed by atoms with Gasteiger partial charge in [-0.05, 0) is 55.5 Å². The van der Waals surface area contributed by atoms with E-state index in [0.717, 1.165) is 42.5 Å². The summed E-state index contributed by atoms with van der Waals surface area (Å²) in [5.41, 5.74) is 2.35. The van der Waals surface area contributed by atoms with Gasteiger partial charge in [-0.3, -0.25) is 9.59 Å². The number of anilines is 1. The average molecular weight is 384 g/mol. The number of hydrogen-bond donors (Lipinski definition) is 0. The maximum Gasteiger partial charge on any atom is 0.317 e. The Kier molecular flexibility index (Phi) is 4.68. The average Bonchev–Trinajstić information content (AvgIpc) is 2.96. The van der Waals surface area contributed by atoms with E-state index in [1.807, 2.05) is 43.3 Å². The van der Waals surface area contributed by atoms with Gasteiger partial charge in [0.05, 0.1) is 5.41 Å². The largest absolute Gasteiger partial charge is 0.455 e. The van der Waals surface area contributed by atoms with Gasteiger partial charge >= 0.3 is 5.97 Å². The molecule has 4 nitrogen and oxygen atoms in total. The molecule has 4 rings (SSSR count). The molecule has 1 unspecified atom stereocenters. The minimum Gasteiger partial charge on any atom is -0.455 e. The van der Waals surface area contributed by atoms with E-state index in [1.165, 1.54) is 0 Å². The Morgan fingerprint density at radius 2 is 1.85 bits per heavy atom. The van der Waals surface area contributed by atoms with Gasteiger partial charge in [0.1, 0.15) is 0 Å². The Hall–Kier alpha value is -2.33. The van der Waals surface area contributed by atoms with E-state index in [-0.39, 0.29) is 24.5 Å². The van der Waals surface area contributed by atoms with Gasteiger partial charge in [-0.1, -0.05) is 48.4 Å². The molecular formula is C22H22ClNO3. The van der Waals surface area contributed by atoms with E-state index in [2.05, 4.69) is 0 Å². The summed E-state index contributed by atoms with van der Waals surface area (Å²) >= 11 is 5.97. The molecule has 1 amide bonds. The summed E-state index contributed by atoms with van der Waals surface area (Å²) in [5, 5.41) is 0.637. The highest BCUT2D eigenvalue weighted by Crippen LogP contribution is 2.45. The molecule has 27 heavy (non-hydrogen) atoms. The minimum absolute atomic E-state index is 0.0718. The Balaban J connectivity index is 1.46. The van der Waals surface area contributed by atoms with Crippen LogP contribution in [-0.4, -0.2) is 24.5 Å². The Morgan fingerprint density at radius 1 is 1.15 bits per heavy atom. The molecule has 1 heterocycles. The van der Waals surface area contributed by atoms with Crippen molar-refractivity contribution in [1.82, 2.24) is 0 Å². The monoisotopic (exact) mass is 383 g/mol. The van der Waals surface area contributed by atoms with Gasteiger partial charge < -0.3 is 9.64 Å². The van der Waals surface area contributed by atoms with Crippen LogP contribution in [0, 0.1) is 0 Å². The fourth-order valence-corrected chi connectivity index (χ4v) is 4.32. The second-order valence-electron chi connectivity index (χ2n) is 7.46. The number of ether oxygens (including phenoxy) is 1. The van der Waals surface area contributed by atoms with Crippen molar-refractivity contribution in [2.45, 2.75) is 44.1 Å². The quantitative estimate of drug-likeness (QED) is 0.740. The molecular weight excluding hydrogens is 362 g/mol. The molecule has 1 fully saturated rings. The molecule has 1 atom stereocenters. The molecule has 1 aliphatic carbocycles. The second-order valence-corrected chi connectivity index (χ2v) is 7.90. The van der Waals surface area contributed by atoms with Crippen molar-refractivity contribution in [3.63, 3.8) is 0 Å². The lowest BCUT2D eigenvalue weighted by Crippen LogP contribution is -2.45. The molecule has 0 N–H and O–H groups in total. The molecule has 140 valence electrons. The Bertz CT molecular complexity index is 873. The highest BCUT2D eigenvalue weighted by Gasteiger charge is 2.47. The number of esters is 1. The van der Waals surface area contributed by atoms with Crippen LogP contribution >= 0.6 is 11.6 Å². The minimum atomic E-state index is -0.639. The van der Waals surface area contributed by atoms with Crippen molar-refractivity contribution < 1.29 is 14.3 Å². The van der Waals surface area contributed by atoms with Crippen molar-refractivity contribution in [1.29, 1.82) is 0 Å². The molecule has 0 radical (unpaired) electrons. The van der Waals surface area contributed by atoms with E-state index in [0.29, 0.717) is 5.02 Å². The maximum absolute atomic E-state index is 12.9. The number of nitrogens with zero attached hydrogens (tertiary/aromatic N) is 1. The molecule has 0 aromatic heterocycles. The summed E-state index contributed by atoms with van der Waals surface area (Å²) in [5.74, 6) is -0.490. The van der Waals surface area contributed by atoms with Gasteiger partial charge in [-0.2, -0.15) is 0 Å². The number of amides is 1. The predicted octanol–water partition coefficient (Wildman–Crippen LogP) is 4.28. The molecule has 2 aromatic carbocycles. The van der Waals surface area contributed by atoms with Gasteiger partial charge in [-0.15, -0.1) is 0 Å². The molecule has 2 aromatic rings. The van der Waals surface area contributed by atoms with Crippen molar-refractivity contribution in [3.8, 4) is 0 Å². The Labute approximate surface area is 164 Å². The number of benzene rings is 2. The van der Waals surface area contributed by atoms with E-state index >= 15 is 0 Å². The number of carbonyl (C=O) groups is 2. The number of hydrogen-bond acceptors (Lipinski definition) is 3. The molecule has 5 heteroatoms. The number of para-hydroxylation sites is 1. The fourth-order valence-electron chi connectivity index (χ4n) is 4.19. The van der Waals surface area contributed by atoms with E-state index in [9.17, 15) is 9.59 Å². The van der Waals surface area contributed by atoms with Crippen LogP contribution in [0.1, 0.15) is 37.3 Å². The first kappa shape index (κ1) is 18.1. The van der Waals surface area contributed by atoms with Gasteiger partial charge in [0, 0.05) is 16.8 Å². The first-order valence-corrected chi connectivity index (χ1v) is 9.72. The van der Waals surface area contributed by atoms with E-state index < -0.39 is 5.41 Å². The SMILES string of the molecule is CC1Cc2ccccc2N1C(=O)COC(=O)C1(c2ccc(Cl)cc2)CCC1. The van der Waals surface area contributed by atoms with Gasteiger partial charge in [0.15, 0.2) is 6.61 Å². The summed E-state index contributed by atoms with van der Waals surface area (Å²) in [6.45, 7) is 1.79. The van der Waals surface area contributed by atoms with Crippen LogP contribution in [0.5, 0.6) is 0 Å². The van der Waals surface area contributed by atoms with Gasteiger partial charge in [0.25, 0.3) is 5.91 Å². The number of halogens is 1. The molecule has 0 spiro atoms. The Morgan fingerprint density at radius 3 is 2.52 bits per heavy atom. The topological polar surface area (TPSA) is 46.6 Å². The first-order chi connectivity index (χ1) is 13.0. The summed E-state index contributed by atoms with van der Waals surface area (Å²) in [4.78, 5) is 27.4. The van der Waals surface area contributed by atoms with Crippen LogP contribution < -0.4 is 4.90 Å². The van der Waals surface area contributed by atoms with E-state index in [1.54, 1.807) is 17.0 Å². The fraction of sp³-hybridized carbons (Fsp3) is 0.364. The van der Waals surface area contributed by atoms with Crippen molar-refractivity contribution in [2.75, 3.05) is 11.5 Å². The summed E-state index contributed by atoms with van der Waals surface area (Å²) in [7, 11) is 0. The third kappa shape index (κ3) is 3.12. The zero-order chi connectivity index (χ0) is 19.0. The van der Waals surface area contributed by atoms with Crippen LogP contribution in [0.25, 0.3) is 0 Å². The molecule has 1 saturated carbocycles. The lowest BCUT2D eigenvalue weighted by Gasteiger charge is -2.39. The smallest absolute Gasteiger partial charge is 0.317 e. The van der Waals surface area contributed by atoms with Crippen LogP contribution in [0.4, 0.5) is 5.69 Å². The third-order valence-corrected chi connectivity index (χ3v) is 6.05. The lowest BCUT2D eigenvalue weighted by molar-refractivity contribution is -0.157. The maximum atomic E-state index is 12.9. The zero-order valence-electron chi connectivity index (χ0n) is 15.3. The molecule has 0 saturated heterocycles. The van der Waals surface area contributed by atoms with Crippen molar-refractivity contribution >= 4 is 29.2 Å². The van der Waals surface area contributed by atoms with Crippen LogP contribution in [-0.2, 0) is 26.2 Å². The van der Waals surface area contributed by atoms with Crippen molar-refractivity contribution in [2.24, 2.45) is 0 Å². The highest BCUT2D eigenvalue weighted by atomic mass is 35.5. The van der Waals surface area contributed by atoms with Crippen LogP contribution in [0.2, 0.25) is 5.02 Å². The molecule has 2 aliphatic rings. The van der Waals surface area contributed by atoms with Gasteiger partial charge in [-0.25, -0.2) is 0 Å². The number of rotatable bonds is 4. The van der Waals surface area contributed by atoms with Crippen molar-refractivity contribution in [3.05, 3.63) is 64.7 Å². The predicted molar refractivity (Wildman–Crippen MR) is 105 cm³/mol. The first-order valence-electron chi connectivity index (χ1n) is 9.34. The number of fused-ring (bicyclic) bond motifs is 1. The standard InChI is InChI=1S/C22H22ClNO3/c1-15-13-16-5-2-3-6-19(16)24(15)20(25)14-27-21(26)22(11-4-12-22)17-7-9-18(23)10-8-17/h2-3,5-10,15H,4,11-14H2,1H3. The van der Waals surface area contributed by atoms with Crippen LogP contribution in [0.3, 0.4) is 0 Å². The summed E-state index contributed by atoms with van der Waals surface area (Å²) in [6.07, 6.45) is 3.28. The zero-order valence-corrected chi connectivity index (χ0v) is 16.0. The van der Waals surface area contributed by atoms with Crippen LogP contribution in [0.15, 0.2) is 48.5 Å². The summed E-state index contributed by atoms with van der Waals surface area (Å²) < 4.78 is 5.51. The molecule has 1 aliphatic heterocycles. The molecule has 0 bridgehead atoms. The van der Waals surface area contributed by atoms with Gasteiger partial charge in [0.2, 0.25) is 0 Å². The lowest BCUT2D eigenvalue weighted by atomic mass is 9.64. The summed E-state index contributed by atoms with van der Waals surface area (Å²) in [6, 6.07) is 15.3. The second kappa shape index (κ2) is 7.01. The van der Waals surface area contributed by atoms with E-state index in [4.69, 9.17) is 16.3 Å². The number of carbonyl (C=O) groups excluding carboxylic acids is 2.